The van der Waals surface area contributed by atoms with E-state index >= 15 is 0 Å². The summed E-state index contributed by atoms with van der Waals surface area (Å²) in [6.07, 6.45) is 4.18. The Morgan fingerprint density at radius 3 is 2.34 bits per heavy atom. The van der Waals surface area contributed by atoms with Crippen molar-refractivity contribution < 1.29 is 19.2 Å². The molecule has 8 heteroatoms. The van der Waals surface area contributed by atoms with E-state index in [1.54, 1.807) is 18.2 Å². The first kappa shape index (κ1) is 21.1. The van der Waals surface area contributed by atoms with Crippen molar-refractivity contribution in [3.05, 3.63) is 34.4 Å². The summed E-state index contributed by atoms with van der Waals surface area (Å²) in [6, 6.07) is 6.99. The number of likely N-dealkylation sites (tertiary alicyclic amines) is 1. The summed E-state index contributed by atoms with van der Waals surface area (Å²) in [6.45, 7) is 4.94. The van der Waals surface area contributed by atoms with Crippen LogP contribution in [0.2, 0.25) is 0 Å². The van der Waals surface area contributed by atoms with Gasteiger partial charge in [0.25, 0.3) is 11.6 Å². The lowest BCUT2D eigenvalue weighted by molar-refractivity contribution is -0.384. The van der Waals surface area contributed by atoms with Crippen molar-refractivity contribution >= 4 is 23.3 Å². The number of piperidine rings is 2. The first-order valence-corrected chi connectivity index (χ1v) is 10.3. The Morgan fingerprint density at radius 2 is 1.72 bits per heavy atom. The van der Waals surface area contributed by atoms with Gasteiger partial charge in [0.15, 0.2) is 6.61 Å². The number of hydrogen-bond donors (Lipinski definition) is 0. The SMILES string of the molecule is C[C@@H]1CCC[C@H](C)N1C(=O)COC(=O)C1CCN(c2ccccc2[N+](=O)[O-])CC1. The van der Waals surface area contributed by atoms with Crippen LogP contribution < -0.4 is 4.90 Å². The summed E-state index contributed by atoms with van der Waals surface area (Å²) in [7, 11) is 0. The number of rotatable bonds is 5. The molecule has 0 aromatic heterocycles. The quantitative estimate of drug-likeness (QED) is 0.426. The molecule has 0 radical (unpaired) electrons. The molecule has 158 valence electrons. The number of nitro benzene ring substituents is 1. The molecule has 2 aliphatic heterocycles. The molecule has 1 aromatic rings. The summed E-state index contributed by atoms with van der Waals surface area (Å²) in [4.78, 5) is 39.6. The van der Waals surface area contributed by atoms with Crippen LogP contribution in [0.4, 0.5) is 11.4 Å². The second kappa shape index (κ2) is 9.24. The van der Waals surface area contributed by atoms with E-state index in [4.69, 9.17) is 4.74 Å². The van der Waals surface area contributed by atoms with Gasteiger partial charge in [0.05, 0.1) is 10.8 Å². The zero-order chi connectivity index (χ0) is 21.0. The molecule has 8 nitrogen and oxygen atoms in total. The lowest BCUT2D eigenvalue weighted by Crippen LogP contribution is -2.49. The minimum absolute atomic E-state index is 0.0731. The van der Waals surface area contributed by atoms with Gasteiger partial charge in [0, 0.05) is 31.2 Å². The molecule has 1 aromatic carbocycles. The Kier molecular flexibility index (Phi) is 6.71. The maximum atomic E-state index is 12.5. The number of carbonyl (C=O) groups is 2. The van der Waals surface area contributed by atoms with E-state index in [0.29, 0.717) is 31.6 Å². The highest BCUT2D eigenvalue weighted by Crippen LogP contribution is 2.31. The molecule has 0 unspecified atom stereocenters. The van der Waals surface area contributed by atoms with Crippen molar-refractivity contribution in [2.24, 2.45) is 5.92 Å². The number of benzene rings is 1. The van der Waals surface area contributed by atoms with Crippen LogP contribution >= 0.6 is 0 Å². The second-order valence-electron chi connectivity index (χ2n) is 8.04. The summed E-state index contributed by atoms with van der Waals surface area (Å²) in [5, 5.41) is 11.2. The molecular weight excluding hydrogens is 374 g/mol. The summed E-state index contributed by atoms with van der Waals surface area (Å²) in [5.74, 6) is -0.758. The van der Waals surface area contributed by atoms with E-state index in [1.165, 1.54) is 6.07 Å². The highest BCUT2D eigenvalue weighted by Gasteiger charge is 2.32. The number of ether oxygens (including phenoxy) is 1. The Hall–Kier alpha value is -2.64. The Morgan fingerprint density at radius 1 is 1.10 bits per heavy atom. The first-order chi connectivity index (χ1) is 13.9. The molecular formula is C21H29N3O5. The number of nitro groups is 1. The van der Waals surface area contributed by atoms with Crippen LogP contribution in [0.1, 0.15) is 46.0 Å². The zero-order valence-electron chi connectivity index (χ0n) is 17.1. The fourth-order valence-electron chi connectivity index (χ4n) is 4.48. The van der Waals surface area contributed by atoms with E-state index in [-0.39, 0.29) is 47.1 Å². The third-order valence-electron chi connectivity index (χ3n) is 6.07. The zero-order valence-corrected chi connectivity index (χ0v) is 17.1. The number of nitrogens with zero attached hydrogens (tertiary/aromatic N) is 3. The fraction of sp³-hybridized carbons (Fsp3) is 0.619. The van der Waals surface area contributed by atoms with Crippen LogP contribution in [0, 0.1) is 16.0 Å². The van der Waals surface area contributed by atoms with Crippen molar-refractivity contribution in [1.29, 1.82) is 0 Å². The van der Waals surface area contributed by atoms with Crippen LogP contribution in [0.25, 0.3) is 0 Å². The Bertz CT molecular complexity index is 750. The van der Waals surface area contributed by atoms with Gasteiger partial charge < -0.3 is 14.5 Å². The maximum absolute atomic E-state index is 12.5. The van der Waals surface area contributed by atoms with Gasteiger partial charge in [-0.25, -0.2) is 0 Å². The standard InChI is InChI=1S/C21H29N3O5/c1-15-6-5-7-16(2)23(15)20(25)14-29-21(26)17-10-12-22(13-11-17)18-8-3-4-9-19(18)24(27)28/h3-4,8-9,15-17H,5-7,10-14H2,1-2H3/t15-,16+. The molecule has 2 aliphatic rings. The van der Waals surface area contributed by atoms with E-state index in [0.717, 1.165) is 19.3 Å². The lowest BCUT2D eigenvalue weighted by Gasteiger charge is -2.39. The second-order valence-corrected chi connectivity index (χ2v) is 8.04. The van der Waals surface area contributed by atoms with Crippen LogP contribution in [0.5, 0.6) is 0 Å². The predicted molar refractivity (Wildman–Crippen MR) is 109 cm³/mol. The average molecular weight is 403 g/mol. The van der Waals surface area contributed by atoms with Gasteiger partial charge in [0.1, 0.15) is 5.69 Å². The van der Waals surface area contributed by atoms with Gasteiger partial charge >= 0.3 is 5.97 Å². The van der Waals surface area contributed by atoms with E-state index in [1.807, 2.05) is 23.6 Å². The molecule has 29 heavy (non-hydrogen) atoms. The van der Waals surface area contributed by atoms with Gasteiger partial charge in [-0.2, -0.15) is 0 Å². The number of para-hydroxylation sites is 2. The van der Waals surface area contributed by atoms with Crippen molar-refractivity contribution in [1.82, 2.24) is 4.90 Å². The highest BCUT2D eigenvalue weighted by molar-refractivity contribution is 5.82. The molecule has 3 rings (SSSR count). The van der Waals surface area contributed by atoms with E-state index < -0.39 is 0 Å². The Labute approximate surface area is 171 Å². The number of esters is 1. The molecule has 0 saturated carbocycles. The highest BCUT2D eigenvalue weighted by atomic mass is 16.6. The van der Waals surface area contributed by atoms with Crippen LogP contribution in [-0.4, -0.2) is 53.5 Å². The van der Waals surface area contributed by atoms with Crippen LogP contribution in [0.15, 0.2) is 24.3 Å². The number of carbonyl (C=O) groups excluding carboxylic acids is 2. The average Bonchev–Trinajstić information content (AvgIpc) is 2.72. The normalized spacial score (nSPS) is 23.0. The summed E-state index contributed by atoms with van der Waals surface area (Å²) in [5.41, 5.74) is 0.650. The third-order valence-corrected chi connectivity index (χ3v) is 6.07. The molecule has 1 amide bonds. The van der Waals surface area contributed by atoms with Gasteiger partial charge in [-0.15, -0.1) is 0 Å². The fourth-order valence-corrected chi connectivity index (χ4v) is 4.48. The van der Waals surface area contributed by atoms with Crippen LogP contribution in [-0.2, 0) is 14.3 Å². The molecule has 0 bridgehead atoms. The number of amides is 1. The van der Waals surface area contributed by atoms with Crippen molar-refractivity contribution in [3.8, 4) is 0 Å². The third kappa shape index (κ3) is 4.86. The first-order valence-electron chi connectivity index (χ1n) is 10.3. The predicted octanol–water partition coefficient (Wildman–Crippen LogP) is 3.14. The molecule has 0 aliphatic carbocycles. The monoisotopic (exact) mass is 403 g/mol. The number of hydrogen-bond acceptors (Lipinski definition) is 6. The molecule has 2 fully saturated rings. The smallest absolute Gasteiger partial charge is 0.309 e. The van der Waals surface area contributed by atoms with Gasteiger partial charge in [0.2, 0.25) is 0 Å². The molecule has 2 atom stereocenters. The number of anilines is 1. The van der Waals surface area contributed by atoms with Gasteiger partial charge in [-0.05, 0) is 52.0 Å². The topological polar surface area (TPSA) is 93.0 Å². The molecule has 0 spiro atoms. The van der Waals surface area contributed by atoms with Crippen molar-refractivity contribution in [2.45, 2.75) is 58.0 Å². The van der Waals surface area contributed by atoms with Gasteiger partial charge in [-0.3, -0.25) is 19.7 Å². The molecule has 2 saturated heterocycles. The van der Waals surface area contributed by atoms with E-state index in [9.17, 15) is 19.7 Å². The Balaban J connectivity index is 1.50. The lowest BCUT2D eigenvalue weighted by atomic mass is 9.96. The van der Waals surface area contributed by atoms with Gasteiger partial charge in [-0.1, -0.05) is 12.1 Å². The van der Waals surface area contributed by atoms with E-state index in [2.05, 4.69) is 0 Å². The molecule has 2 heterocycles. The van der Waals surface area contributed by atoms with Crippen molar-refractivity contribution in [3.63, 3.8) is 0 Å². The largest absolute Gasteiger partial charge is 0.455 e. The molecule has 0 N–H and O–H groups in total. The summed E-state index contributed by atoms with van der Waals surface area (Å²) < 4.78 is 5.34. The van der Waals surface area contributed by atoms with Crippen LogP contribution in [0.3, 0.4) is 0 Å². The minimum atomic E-state index is -0.385. The summed E-state index contributed by atoms with van der Waals surface area (Å²) >= 11 is 0. The minimum Gasteiger partial charge on any atom is -0.455 e. The maximum Gasteiger partial charge on any atom is 0.309 e. The van der Waals surface area contributed by atoms with Crippen molar-refractivity contribution in [2.75, 3.05) is 24.6 Å².